The molecule has 12 N–H and O–H groups in total. The predicted octanol–water partition coefficient (Wildman–Crippen LogP) is 8.76. The van der Waals surface area contributed by atoms with Gasteiger partial charge in [0, 0.05) is 93.1 Å². The summed E-state index contributed by atoms with van der Waals surface area (Å²) >= 11 is 15.5. The monoisotopic (exact) mass is 1460 g/mol. The van der Waals surface area contributed by atoms with Crippen LogP contribution in [0.3, 0.4) is 0 Å². The van der Waals surface area contributed by atoms with Crippen molar-refractivity contribution in [3.05, 3.63) is 166 Å². The summed E-state index contributed by atoms with van der Waals surface area (Å²) in [5, 5.41) is 15.6. The SMILES string of the molecule is CN.COC(=O)C(N)Cc1c[nH]c2ccc(OC)cc12.COC(=O)[C@H]1Cc2c([nH]c3ccc(OC)cc23)[C@@H](c2ccc3c(c2)OCO3)N1.COC(=O)[C@H]1Cc2c([nH]c3ccc(OC)cc23)[C@@H](c2ccc3c(c2)OCO3)N1C(=O)CCl.COc1ccc2[nH]cc(CC(N)C(=O)O)c2c1.O=C(Cl)CCl. The van der Waals surface area contributed by atoms with Crippen LogP contribution in [0, 0.1) is 0 Å². The highest BCUT2D eigenvalue weighted by Gasteiger charge is 2.44. The molecule has 0 fully saturated rings. The van der Waals surface area contributed by atoms with Crippen molar-refractivity contribution in [1.29, 1.82) is 0 Å². The number of carbonyl (C=O) groups excluding carboxylic acids is 5. The second-order valence-electron chi connectivity index (χ2n) is 23.0. The van der Waals surface area contributed by atoms with E-state index in [-0.39, 0.29) is 43.3 Å². The summed E-state index contributed by atoms with van der Waals surface area (Å²) in [4.78, 5) is 84.4. The summed E-state index contributed by atoms with van der Waals surface area (Å²) in [5.74, 6) is 2.72. The number of rotatable bonds is 16. The molecule has 540 valence electrons. The van der Waals surface area contributed by atoms with Crippen LogP contribution in [-0.2, 0) is 68.7 Å². The van der Waals surface area contributed by atoms with Gasteiger partial charge in [-0.05, 0) is 149 Å². The van der Waals surface area contributed by atoms with E-state index in [1.165, 1.54) is 33.3 Å². The maximum atomic E-state index is 13.0. The molecule has 4 aromatic heterocycles. The maximum Gasteiger partial charge on any atom is 0.328 e. The van der Waals surface area contributed by atoms with Crippen molar-refractivity contribution >= 4 is 113 Å². The Labute approximate surface area is 600 Å². The number of aromatic amines is 4. The summed E-state index contributed by atoms with van der Waals surface area (Å²) in [6.07, 6.45) is 5.19. The number of aliphatic carboxylic acids is 1. The van der Waals surface area contributed by atoms with E-state index in [1.54, 1.807) is 40.7 Å². The number of halogens is 3. The number of carboxylic acid groups (broad SMARTS) is 1. The molecule has 30 heteroatoms. The molecular formula is C72H78Cl3N9O18. The van der Waals surface area contributed by atoms with Gasteiger partial charge in [-0.1, -0.05) is 12.1 Å². The van der Waals surface area contributed by atoms with Crippen LogP contribution in [-0.4, -0.2) is 171 Å². The number of methoxy groups -OCH3 is 7. The molecule has 4 aliphatic heterocycles. The number of hydrogen-bond acceptors (Lipinski definition) is 21. The Bertz CT molecular complexity index is 4650. The summed E-state index contributed by atoms with van der Waals surface area (Å²) < 4.78 is 57.8. The van der Waals surface area contributed by atoms with Crippen molar-refractivity contribution in [2.24, 2.45) is 17.2 Å². The first kappa shape index (κ1) is 75.8. The molecule has 0 saturated carbocycles. The molecule has 6 aromatic carbocycles. The number of nitrogens with two attached hydrogens (primary N) is 3. The minimum atomic E-state index is -0.998. The zero-order valence-electron chi connectivity index (χ0n) is 56.9. The van der Waals surface area contributed by atoms with Gasteiger partial charge in [-0.15, -0.1) is 23.2 Å². The van der Waals surface area contributed by atoms with Gasteiger partial charge in [0.1, 0.15) is 53.0 Å². The van der Waals surface area contributed by atoms with Crippen molar-refractivity contribution < 1.29 is 86.0 Å². The third-order valence-electron chi connectivity index (χ3n) is 17.2. The normalized spacial score (nSPS) is 16.2. The number of hydrogen-bond donors (Lipinski definition) is 9. The maximum absolute atomic E-state index is 13.0. The number of carboxylic acids is 1. The van der Waals surface area contributed by atoms with Gasteiger partial charge < -0.3 is 99.2 Å². The van der Waals surface area contributed by atoms with Crippen LogP contribution in [0.1, 0.15) is 56.9 Å². The van der Waals surface area contributed by atoms with Gasteiger partial charge in [0.15, 0.2) is 23.0 Å². The van der Waals surface area contributed by atoms with E-state index in [0.717, 1.165) is 111 Å². The number of nitrogens with zero attached hydrogens (tertiary/aromatic N) is 1. The molecule has 0 saturated heterocycles. The van der Waals surface area contributed by atoms with Gasteiger partial charge in [0.2, 0.25) is 24.7 Å². The van der Waals surface area contributed by atoms with Crippen LogP contribution in [0.25, 0.3) is 43.6 Å². The fourth-order valence-corrected chi connectivity index (χ4v) is 12.4. The molecule has 0 spiro atoms. The van der Waals surface area contributed by atoms with Gasteiger partial charge in [-0.25, -0.2) is 4.79 Å². The molecule has 1 amide bonds. The molecule has 4 aliphatic rings. The number of nitrogens with one attached hydrogen (secondary N) is 5. The quantitative estimate of drug-likeness (QED) is 0.0189. The Morgan fingerprint density at radius 3 is 1.44 bits per heavy atom. The Morgan fingerprint density at radius 2 is 0.980 bits per heavy atom. The third-order valence-corrected chi connectivity index (χ3v) is 17.9. The number of ether oxygens (including phenoxy) is 11. The van der Waals surface area contributed by atoms with Crippen LogP contribution < -0.4 is 60.4 Å². The fourth-order valence-electron chi connectivity index (χ4n) is 12.3. The van der Waals surface area contributed by atoms with E-state index in [9.17, 15) is 28.8 Å². The predicted molar refractivity (Wildman–Crippen MR) is 383 cm³/mol. The first-order valence-electron chi connectivity index (χ1n) is 31.6. The first-order valence-corrected chi connectivity index (χ1v) is 33.1. The highest BCUT2D eigenvalue weighted by molar-refractivity contribution is 6.67. The lowest BCUT2D eigenvalue weighted by atomic mass is 9.87. The lowest BCUT2D eigenvalue weighted by Gasteiger charge is -2.40. The second-order valence-corrected chi connectivity index (χ2v) is 23.9. The molecule has 2 unspecified atom stereocenters. The average molecular weight is 1460 g/mol. The molecule has 102 heavy (non-hydrogen) atoms. The number of aromatic nitrogens is 4. The molecule has 14 rings (SSSR count). The third kappa shape index (κ3) is 17.0. The topological polar surface area (TPSA) is 381 Å². The smallest absolute Gasteiger partial charge is 0.328 e. The molecule has 0 bridgehead atoms. The number of H-pyrrole nitrogens is 4. The molecule has 0 radical (unpaired) electrons. The number of benzene rings is 6. The van der Waals surface area contributed by atoms with Crippen LogP contribution in [0.2, 0.25) is 0 Å². The Morgan fingerprint density at radius 1 is 0.539 bits per heavy atom. The summed E-state index contributed by atoms with van der Waals surface area (Å²) in [7, 11) is 12.0. The molecule has 8 heterocycles. The first-order chi connectivity index (χ1) is 49.3. The number of fused-ring (bicyclic) bond motifs is 10. The summed E-state index contributed by atoms with van der Waals surface area (Å²) in [6, 6.07) is 30.7. The van der Waals surface area contributed by atoms with E-state index in [0.29, 0.717) is 48.7 Å². The number of carbonyl (C=O) groups is 6. The van der Waals surface area contributed by atoms with Gasteiger partial charge in [0.25, 0.3) is 0 Å². The van der Waals surface area contributed by atoms with Gasteiger partial charge in [-0.2, -0.15) is 0 Å². The number of amides is 1. The minimum absolute atomic E-state index is 0.0957. The van der Waals surface area contributed by atoms with Gasteiger partial charge >= 0.3 is 23.9 Å². The molecule has 10 aromatic rings. The van der Waals surface area contributed by atoms with Crippen molar-refractivity contribution in [2.75, 3.05) is 82.2 Å². The zero-order chi connectivity index (χ0) is 73.5. The lowest BCUT2D eigenvalue weighted by molar-refractivity contribution is -0.154. The summed E-state index contributed by atoms with van der Waals surface area (Å²) in [5.41, 5.74) is 27.1. The van der Waals surface area contributed by atoms with E-state index >= 15 is 0 Å². The van der Waals surface area contributed by atoms with Crippen LogP contribution >= 0.6 is 34.8 Å². The largest absolute Gasteiger partial charge is 0.497 e. The number of esters is 3. The molecule has 0 aliphatic carbocycles. The van der Waals surface area contributed by atoms with Crippen molar-refractivity contribution in [3.8, 4) is 46.0 Å². The Kier molecular flexibility index (Phi) is 25.9. The second kappa shape index (κ2) is 34.8. The lowest BCUT2D eigenvalue weighted by Crippen LogP contribution is -2.52. The van der Waals surface area contributed by atoms with Gasteiger partial charge in [-0.3, -0.25) is 29.3 Å². The Hall–Kier alpha value is -10.4. The Balaban J connectivity index is 0.000000158. The van der Waals surface area contributed by atoms with E-state index in [2.05, 4.69) is 35.7 Å². The molecular weight excluding hydrogens is 1390 g/mol. The van der Waals surface area contributed by atoms with Crippen molar-refractivity contribution in [2.45, 2.75) is 61.9 Å². The fraction of sp³-hybridized carbons (Fsp3) is 0.306. The van der Waals surface area contributed by atoms with Crippen molar-refractivity contribution in [3.63, 3.8) is 0 Å². The van der Waals surface area contributed by atoms with Crippen molar-refractivity contribution in [1.82, 2.24) is 30.2 Å². The van der Waals surface area contributed by atoms with E-state index in [4.69, 9.17) is 98.7 Å². The number of alkyl halides is 2. The highest BCUT2D eigenvalue weighted by Crippen LogP contribution is 2.46. The van der Waals surface area contributed by atoms with Crippen LogP contribution in [0.4, 0.5) is 0 Å². The van der Waals surface area contributed by atoms with E-state index < -0.39 is 53.4 Å². The van der Waals surface area contributed by atoms with E-state index in [1.807, 2.05) is 109 Å². The van der Waals surface area contributed by atoms with Gasteiger partial charge in [0.05, 0.1) is 67.7 Å². The molecule has 27 nitrogen and oxygen atoms in total. The van der Waals surface area contributed by atoms with Crippen LogP contribution in [0.15, 0.2) is 122 Å². The average Bonchev–Trinajstić information content (AvgIpc) is 1.54. The minimum Gasteiger partial charge on any atom is -0.497 e. The zero-order valence-corrected chi connectivity index (χ0v) is 59.1. The van der Waals surface area contributed by atoms with Crippen LogP contribution in [0.5, 0.6) is 46.0 Å². The standard InChI is InChI=1S/C23H21ClN2O6.C21H20N2O5.C13H16N2O3.C12H14N2O3.C2H2Cl2O.CH5N/c1-29-13-4-5-16-14(8-13)15-9-17(23(28)30-2)26(20(27)10-24)22(21(15)25-16)12-3-6-18-19(7-12)32-11-31-18;1-25-12-4-5-15-13(8-12)14-9-16(21(24)26-2)23-19(20(14)22-15)11-3-6-17-18(7-11)28-10-27-17;1-17-9-3-4-12-10(6-9)8(7-15-12)5-11(14)13(16)18-2;1-17-8-2-3-11-9(5-8)7(6-14-11)4-10(13)12(15)16;3-1-2(4)5;1-2/h3-8,17,22,25H,9-11H2,1-2H3;3-8,16,19,22-23H,9-10H2,1-2H3;3-4,6-7,11,15H,5,14H2,1-2H3;2-3,5-6,10,14H,4,13H2,1H3,(H,15,16);1H2;2H2,1H3/t17-,22-;16-,19-;;;;/m11..../s1. The summed E-state index contributed by atoms with van der Waals surface area (Å²) in [6.45, 7) is 0.356. The molecule has 6 atom stereocenters. The highest BCUT2D eigenvalue weighted by atomic mass is 35.5.